The van der Waals surface area contributed by atoms with Gasteiger partial charge in [-0.25, -0.2) is 21.6 Å². The third-order valence-corrected chi connectivity index (χ3v) is 3.87. The first-order chi connectivity index (χ1) is 8.77. The number of sulfonamides is 1. The molecule has 0 atom stereocenters. The molecule has 0 fully saturated rings. The number of rotatable bonds is 12. The minimum atomic E-state index is -3.50. The first-order valence-electron chi connectivity index (χ1n) is 5.56. The molecule has 10 heteroatoms. The molecule has 0 bridgehead atoms. The number of sulfone groups is 1. The molecule has 0 radical (unpaired) electrons. The second kappa shape index (κ2) is 9.61. The molecule has 0 spiro atoms. The predicted molar refractivity (Wildman–Crippen MR) is 70.1 cm³/mol. The van der Waals surface area contributed by atoms with E-state index in [0.717, 1.165) is 6.26 Å². The normalized spacial score (nSPS) is 12.7. The van der Waals surface area contributed by atoms with Crippen LogP contribution in [-0.2, 0) is 34.1 Å². The van der Waals surface area contributed by atoms with Gasteiger partial charge in [-0.1, -0.05) is 0 Å². The van der Waals surface area contributed by atoms with Crippen LogP contribution in [0.4, 0.5) is 0 Å². The van der Waals surface area contributed by atoms with Gasteiger partial charge in [-0.15, -0.1) is 0 Å². The molecule has 0 rings (SSSR count). The van der Waals surface area contributed by atoms with Crippen molar-refractivity contribution in [2.24, 2.45) is 0 Å². The Hall–Kier alpha value is -0.260. The van der Waals surface area contributed by atoms with E-state index in [0.29, 0.717) is 6.61 Å². The van der Waals surface area contributed by atoms with Crippen molar-refractivity contribution in [3.8, 4) is 0 Å². The molecule has 0 amide bonds. The summed E-state index contributed by atoms with van der Waals surface area (Å²) in [5, 5.41) is 0. The summed E-state index contributed by atoms with van der Waals surface area (Å²) < 4.78 is 61.1. The zero-order valence-electron chi connectivity index (χ0n) is 11.1. The summed E-state index contributed by atoms with van der Waals surface area (Å²) in [5.74, 6) is -0.528. The van der Waals surface area contributed by atoms with E-state index >= 15 is 0 Å². The molecule has 0 aromatic rings. The summed E-state index contributed by atoms with van der Waals surface area (Å²) in [6.07, 6.45) is 1.11. The summed E-state index contributed by atoms with van der Waals surface area (Å²) in [5.41, 5.74) is 0. The number of hydrogen-bond acceptors (Lipinski definition) is 7. The van der Waals surface area contributed by atoms with Gasteiger partial charge in [0.25, 0.3) is 0 Å². The molecule has 0 aromatic carbocycles. The number of ether oxygens (including phenoxy) is 3. The first-order valence-corrected chi connectivity index (χ1v) is 9.27. The Morgan fingerprint density at radius 3 is 2.21 bits per heavy atom. The summed E-state index contributed by atoms with van der Waals surface area (Å²) in [6.45, 7) is 0.740. The molecule has 0 aliphatic heterocycles. The van der Waals surface area contributed by atoms with Gasteiger partial charge >= 0.3 is 0 Å². The molecule has 8 nitrogen and oxygen atoms in total. The van der Waals surface area contributed by atoms with Crippen LogP contribution in [0.2, 0.25) is 0 Å². The van der Waals surface area contributed by atoms with E-state index in [1.165, 1.54) is 7.11 Å². The van der Waals surface area contributed by atoms with Gasteiger partial charge in [-0.3, -0.25) is 0 Å². The van der Waals surface area contributed by atoms with Crippen LogP contribution in [0, 0.1) is 0 Å². The largest absolute Gasteiger partial charge is 0.382 e. The second-order valence-corrected chi connectivity index (χ2v) is 7.78. The van der Waals surface area contributed by atoms with Crippen LogP contribution in [0.5, 0.6) is 0 Å². The quantitative estimate of drug-likeness (QED) is 0.440. The standard InChI is InChI=1S/C9H21NO7S2/c1-15-5-6-17-9-19(13,14)10-3-4-16-7-8-18(2,11)12/h10H,3-9H2,1-2H3. The lowest BCUT2D eigenvalue weighted by Gasteiger charge is -2.07. The highest BCUT2D eigenvalue weighted by Gasteiger charge is 2.09. The predicted octanol–water partition coefficient (Wildman–Crippen LogP) is -1.41. The second-order valence-electron chi connectivity index (χ2n) is 3.77. The van der Waals surface area contributed by atoms with E-state index in [9.17, 15) is 16.8 Å². The van der Waals surface area contributed by atoms with Crippen molar-refractivity contribution < 1.29 is 31.0 Å². The Morgan fingerprint density at radius 2 is 1.63 bits per heavy atom. The molecule has 0 saturated heterocycles. The molecule has 1 N–H and O–H groups in total. The monoisotopic (exact) mass is 319 g/mol. The molecule has 0 aliphatic carbocycles. The van der Waals surface area contributed by atoms with Gasteiger partial charge in [-0.05, 0) is 0 Å². The van der Waals surface area contributed by atoms with Crippen LogP contribution in [0.1, 0.15) is 0 Å². The summed E-state index contributed by atoms with van der Waals surface area (Å²) >= 11 is 0. The van der Waals surface area contributed by atoms with Crippen LogP contribution >= 0.6 is 0 Å². The maximum atomic E-state index is 11.4. The average Bonchev–Trinajstić information content (AvgIpc) is 2.28. The Labute approximate surface area is 114 Å². The Bertz CT molecular complexity index is 418. The molecule has 116 valence electrons. The maximum Gasteiger partial charge on any atom is 0.235 e. The van der Waals surface area contributed by atoms with Crippen molar-refractivity contribution in [2.45, 2.75) is 0 Å². The Kier molecular flexibility index (Phi) is 9.48. The van der Waals surface area contributed by atoms with Crippen molar-refractivity contribution in [3.63, 3.8) is 0 Å². The fraction of sp³-hybridized carbons (Fsp3) is 1.00. The van der Waals surface area contributed by atoms with Crippen LogP contribution in [-0.4, -0.2) is 74.9 Å². The highest BCUT2D eigenvalue weighted by molar-refractivity contribution is 7.90. The summed E-state index contributed by atoms with van der Waals surface area (Å²) in [4.78, 5) is 0. The minimum absolute atomic E-state index is 0.0465. The van der Waals surface area contributed by atoms with Gasteiger partial charge < -0.3 is 14.2 Å². The highest BCUT2D eigenvalue weighted by atomic mass is 32.2. The lowest BCUT2D eigenvalue weighted by atomic mass is 10.7. The Balaban J connectivity index is 3.58. The third-order valence-electron chi connectivity index (χ3n) is 1.84. The lowest BCUT2D eigenvalue weighted by Crippen LogP contribution is -2.31. The van der Waals surface area contributed by atoms with E-state index in [1.54, 1.807) is 0 Å². The zero-order valence-corrected chi connectivity index (χ0v) is 12.8. The average molecular weight is 319 g/mol. The zero-order chi connectivity index (χ0) is 14.8. The summed E-state index contributed by atoms with van der Waals surface area (Å²) in [6, 6.07) is 0. The third kappa shape index (κ3) is 14.0. The SMILES string of the molecule is COCCOCS(=O)(=O)NCCOCCS(C)(=O)=O. The first kappa shape index (κ1) is 18.7. The molecular weight excluding hydrogens is 298 g/mol. The number of nitrogens with one attached hydrogen (secondary N) is 1. The van der Waals surface area contributed by atoms with Crippen molar-refractivity contribution >= 4 is 19.9 Å². The van der Waals surface area contributed by atoms with Crippen molar-refractivity contribution in [1.29, 1.82) is 0 Å². The Morgan fingerprint density at radius 1 is 0.947 bits per heavy atom. The van der Waals surface area contributed by atoms with Gasteiger partial charge in [0.1, 0.15) is 9.84 Å². The van der Waals surface area contributed by atoms with E-state index in [1.807, 2.05) is 0 Å². The molecule has 0 aromatic heterocycles. The molecule has 19 heavy (non-hydrogen) atoms. The minimum Gasteiger partial charge on any atom is -0.382 e. The van der Waals surface area contributed by atoms with Gasteiger partial charge in [0, 0.05) is 19.9 Å². The lowest BCUT2D eigenvalue weighted by molar-refractivity contribution is 0.0923. The van der Waals surface area contributed by atoms with Crippen LogP contribution in [0.25, 0.3) is 0 Å². The molecule has 0 heterocycles. The van der Waals surface area contributed by atoms with Gasteiger partial charge in [0.2, 0.25) is 10.0 Å². The number of hydrogen-bond donors (Lipinski definition) is 1. The smallest absolute Gasteiger partial charge is 0.235 e. The van der Waals surface area contributed by atoms with Crippen molar-refractivity contribution in [2.75, 3.05) is 58.0 Å². The van der Waals surface area contributed by atoms with E-state index in [2.05, 4.69) is 4.72 Å². The van der Waals surface area contributed by atoms with Gasteiger partial charge in [0.05, 0.1) is 32.2 Å². The van der Waals surface area contributed by atoms with Crippen LogP contribution in [0.15, 0.2) is 0 Å². The van der Waals surface area contributed by atoms with Crippen molar-refractivity contribution in [1.82, 2.24) is 4.72 Å². The fourth-order valence-electron chi connectivity index (χ4n) is 0.934. The highest BCUT2D eigenvalue weighted by Crippen LogP contribution is 1.88. The topological polar surface area (TPSA) is 108 Å². The van der Waals surface area contributed by atoms with Crippen molar-refractivity contribution in [3.05, 3.63) is 0 Å². The summed E-state index contributed by atoms with van der Waals surface area (Å²) in [7, 11) is -5.07. The van der Waals surface area contributed by atoms with Gasteiger partial charge in [-0.2, -0.15) is 0 Å². The fourth-order valence-corrected chi connectivity index (χ4v) is 2.17. The van der Waals surface area contributed by atoms with Crippen LogP contribution in [0.3, 0.4) is 0 Å². The molecule has 0 unspecified atom stereocenters. The molecular formula is C9H21NO7S2. The van der Waals surface area contributed by atoms with Crippen LogP contribution < -0.4 is 4.72 Å². The van der Waals surface area contributed by atoms with E-state index in [-0.39, 0.29) is 32.1 Å². The molecule has 0 aliphatic rings. The molecule has 0 saturated carbocycles. The number of methoxy groups -OCH3 is 1. The van der Waals surface area contributed by atoms with E-state index in [4.69, 9.17) is 14.2 Å². The van der Waals surface area contributed by atoms with E-state index < -0.39 is 25.8 Å². The van der Waals surface area contributed by atoms with Gasteiger partial charge in [0.15, 0.2) is 5.94 Å². The maximum absolute atomic E-state index is 11.4.